The molecule has 110 valence electrons. The van der Waals surface area contributed by atoms with Gasteiger partial charge in [-0.05, 0) is 30.7 Å². The lowest BCUT2D eigenvalue weighted by atomic mass is 10.1. The highest BCUT2D eigenvalue weighted by atomic mass is 16.6. The molecule has 0 radical (unpaired) electrons. The average Bonchev–Trinajstić information content (AvgIpc) is 2.48. The van der Waals surface area contributed by atoms with Crippen molar-refractivity contribution in [2.75, 3.05) is 7.11 Å². The van der Waals surface area contributed by atoms with E-state index >= 15 is 0 Å². The lowest BCUT2D eigenvalue weighted by molar-refractivity contribution is -0.384. The minimum atomic E-state index is -0.482. The molecule has 0 saturated carbocycles. The molecule has 0 unspecified atom stereocenters. The van der Waals surface area contributed by atoms with E-state index < -0.39 is 4.92 Å². The Morgan fingerprint density at radius 2 is 1.81 bits per heavy atom. The summed E-state index contributed by atoms with van der Waals surface area (Å²) in [5.74, 6) is 1.32. The lowest BCUT2D eigenvalue weighted by Crippen LogP contribution is -2.04. The lowest BCUT2D eigenvalue weighted by Gasteiger charge is -2.11. The van der Waals surface area contributed by atoms with Gasteiger partial charge in [0.2, 0.25) is 0 Å². The summed E-state index contributed by atoms with van der Waals surface area (Å²) < 4.78 is 10.8. The van der Waals surface area contributed by atoms with Crippen LogP contribution >= 0.6 is 0 Å². The zero-order valence-electron chi connectivity index (χ0n) is 11.8. The highest BCUT2D eigenvalue weighted by molar-refractivity contribution is 5.50. The molecule has 0 bridgehead atoms. The van der Waals surface area contributed by atoms with Crippen molar-refractivity contribution in [2.24, 2.45) is 5.73 Å². The third-order valence-electron chi connectivity index (χ3n) is 2.99. The number of non-ortho nitro benzene ring substituents is 1. The molecule has 6 nitrogen and oxygen atoms in total. The van der Waals surface area contributed by atoms with Gasteiger partial charge in [0, 0.05) is 12.1 Å². The molecule has 2 aromatic rings. The third kappa shape index (κ3) is 3.49. The van der Waals surface area contributed by atoms with Gasteiger partial charge in [0.25, 0.3) is 5.69 Å². The van der Waals surface area contributed by atoms with Crippen molar-refractivity contribution >= 4 is 5.69 Å². The van der Waals surface area contributed by atoms with Crippen molar-refractivity contribution in [3.05, 3.63) is 58.1 Å². The fourth-order valence-electron chi connectivity index (χ4n) is 1.82. The molecule has 0 aliphatic rings. The van der Waals surface area contributed by atoms with Crippen LogP contribution in [-0.2, 0) is 0 Å². The maximum atomic E-state index is 10.7. The van der Waals surface area contributed by atoms with E-state index in [0.717, 1.165) is 5.56 Å². The molecule has 2 aromatic carbocycles. The Kier molecular flexibility index (Phi) is 4.39. The molecule has 0 spiro atoms. The quantitative estimate of drug-likeness (QED) is 0.672. The maximum absolute atomic E-state index is 10.7. The molecule has 6 heteroatoms. The van der Waals surface area contributed by atoms with Crippen LogP contribution in [0.1, 0.15) is 18.5 Å². The molecule has 0 saturated heterocycles. The summed E-state index contributed by atoms with van der Waals surface area (Å²) in [6.45, 7) is 1.90. The van der Waals surface area contributed by atoms with Crippen LogP contribution in [0.4, 0.5) is 5.69 Å². The minimum Gasteiger partial charge on any atom is -0.493 e. The second-order valence-corrected chi connectivity index (χ2v) is 4.55. The number of nitrogens with two attached hydrogens (primary N) is 1. The van der Waals surface area contributed by atoms with E-state index in [4.69, 9.17) is 15.2 Å². The molecule has 0 aromatic heterocycles. The second kappa shape index (κ2) is 6.23. The molecule has 0 fully saturated rings. The van der Waals surface area contributed by atoms with Gasteiger partial charge in [0.05, 0.1) is 18.1 Å². The molecular formula is C15H16N2O4. The SMILES string of the molecule is COc1cc([N+](=O)[O-])ccc1Oc1ccc([C@H](C)N)cc1. The smallest absolute Gasteiger partial charge is 0.273 e. The van der Waals surface area contributed by atoms with Crippen LogP contribution in [0, 0.1) is 10.1 Å². The van der Waals surface area contributed by atoms with Crippen LogP contribution in [0.2, 0.25) is 0 Å². The number of ether oxygens (including phenoxy) is 2. The summed E-state index contributed by atoms with van der Waals surface area (Å²) in [4.78, 5) is 10.3. The number of benzene rings is 2. The van der Waals surface area contributed by atoms with E-state index in [1.807, 2.05) is 19.1 Å². The fraction of sp³-hybridized carbons (Fsp3) is 0.200. The first-order valence-corrected chi connectivity index (χ1v) is 6.37. The monoisotopic (exact) mass is 288 g/mol. The van der Waals surface area contributed by atoms with E-state index in [-0.39, 0.29) is 11.7 Å². The topological polar surface area (TPSA) is 87.6 Å². The number of nitro benzene ring substituents is 1. The second-order valence-electron chi connectivity index (χ2n) is 4.55. The van der Waals surface area contributed by atoms with Crippen molar-refractivity contribution < 1.29 is 14.4 Å². The summed E-state index contributed by atoms with van der Waals surface area (Å²) in [7, 11) is 1.44. The number of hydrogen-bond acceptors (Lipinski definition) is 5. The molecule has 0 aliphatic carbocycles. The van der Waals surface area contributed by atoms with Gasteiger partial charge in [0.1, 0.15) is 5.75 Å². The zero-order valence-corrected chi connectivity index (χ0v) is 11.8. The molecule has 2 N–H and O–H groups in total. The Labute approximate surface area is 122 Å². The molecular weight excluding hydrogens is 272 g/mol. The van der Waals surface area contributed by atoms with Crippen LogP contribution in [0.15, 0.2) is 42.5 Å². The van der Waals surface area contributed by atoms with Crippen molar-refractivity contribution in [1.29, 1.82) is 0 Å². The van der Waals surface area contributed by atoms with Gasteiger partial charge in [-0.15, -0.1) is 0 Å². The van der Waals surface area contributed by atoms with E-state index in [9.17, 15) is 10.1 Å². The Morgan fingerprint density at radius 3 is 2.33 bits per heavy atom. The number of rotatable bonds is 5. The predicted octanol–water partition coefficient (Wildman–Crippen LogP) is 3.42. The summed E-state index contributed by atoms with van der Waals surface area (Å²) >= 11 is 0. The van der Waals surface area contributed by atoms with Crippen molar-refractivity contribution in [3.8, 4) is 17.2 Å². The normalized spacial score (nSPS) is 11.8. The summed E-state index contributed by atoms with van der Waals surface area (Å²) in [5, 5.41) is 10.7. The molecule has 2 rings (SSSR count). The average molecular weight is 288 g/mol. The Bertz CT molecular complexity index is 639. The first kappa shape index (κ1) is 14.8. The number of hydrogen-bond donors (Lipinski definition) is 1. The molecule has 0 heterocycles. The zero-order chi connectivity index (χ0) is 15.4. The standard InChI is InChI=1S/C15H16N2O4/c1-10(16)11-3-6-13(7-4-11)21-14-8-5-12(17(18)19)9-15(14)20-2/h3-10H,16H2,1-2H3/t10-/m0/s1. The third-order valence-corrected chi connectivity index (χ3v) is 2.99. The van der Waals surface area contributed by atoms with Gasteiger partial charge >= 0.3 is 0 Å². The number of nitrogens with zero attached hydrogens (tertiary/aromatic N) is 1. The van der Waals surface area contributed by atoms with Gasteiger partial charge in [-0.3, -0.25) is 10.1 Å². The number of methoxy groups -OCH3 is 1. The van der Waals surface area contributed by atoms with Gasteiger partial charge in [-0.25, -0.2) is 0 Å². The summed E-state index contributed by atoms with van der Waals surface area (Å²) in [6.07, 6.45) is 0. The first-order valence-electron chi connectivity index (χ1n) is 6.37. The van der Waals surface area contributed by atoms with Crippen molar-refractivity contribution in [3.63, 3.8) is 0 Å². The largest absolute Gasteiger partial charge is 0.493 e. The van der Waals surface area contributed by atoms with Crippen molar-refractivity contribution in [1.82, 2.24) is 0 Å². The summed E-state index contributed by atoms with van der Waals surface area (Å²) in [5.41, 5.74) is 6.73. The molecule has 21 heavy (non-hydrogen) atoms. The van der Waals surface area contributed by atoms with E-state index in [2.05, 4.69) is 0 Å². The van der Waals surface area contributed by atoms with Crippen LogP contribution in [0.5, 0.6) is 17.2 Å². The van der Waals surface area contributed by atoms with Crippen LogP contribution in [0.3, 0.4) is 0 Å². The van der Waals surface area contributed by atoms with E-state index in [1.54, 1.807) is 12.1 Å². The van der Waals surface area contributed by atoms with E-state index in [1.165, 1.54) is 25.3 Å². The van der Waals surface area contributed by atoms with E-state index in [0.29, 0.717) is 17.2 Å². The van der Waals surface area contributed by atoms with Crippen LogP contribution < -0.4 is 15.2 Å². The van der Waals surface area contributed by atoms with Gasteiger partial charge < -0.3 is 15.2 Å². The molecule has 0 aliphatic heterocycles. The highest BCUT2D eigenvalue weighted by Gasteiger charge is 2.13. The van der Waals surface area contributed by atoms with Gasteiger partial charge in [-0.2, -0.15) is 0 Å². The Hall–Kier alpha value is -2.60. The maximum Gasteiger partial charge on any atom is 0.273 e. The Morgan fingerprint density at radius 1 is 1.14 bits per heavy atom. The van der Waals surface area contributed by atoms with Crippen LogP contribution in [0.25, 0.3) is 0 Å². The fourth-order valence-corrected chi connectivity index (χ4v) is 1.82. The van der Waals surface area contributed by atoms with Gasteiger partial charge in [-0.1, -0.05) is 12.1 Å². The Balaban J connectivity index is 2.24. The number of nitro groups is 1. The predicted molar refractivity (Wildman–Crippen MR) is 78.8 cm³/mol. The molecule has 1 atom stereocenters. The summed E-state index contributed by atoms with van der Waals surface area (Å²) in [6, 6.07) is 11.5. The van der Waals surface area contributed by atoms with Crippen molar-refractivity contribution in [2.45, 2.75) is 13.0 Å². The van der Waals surface area contributed by atoms with Gasteiger partial charge in [0.15, 0.2) is 11.5 Å². The van der Waals surface area contributed by atoms with Crippen LogP contribution in [-0.4, -0.2) is 12.0 Å². The highest BCUT2D eigenvalue weighted by Crippen LogP contribution is 2.34. The first-order chi connectivity index (χ1) is 10.0. The minimum absolute atomic E-state index is 0.0482. The molecule has 0 amide bonds.